The Hall–Kier alpha value is -1.82. The lowest BCUT2D eigenvalue weighted by atomic mass is 10.2. The van der Waals surface area contributed by atoms with Gasteiger partial charge in [0.05, 0.1) is 11.8 Å². The maximum absolute atomic E-state index is 13.8. The number of nitrogens with one attached hydrogen (secondary N) is 2. The summed E-state index contributed by atoms with van der Waals surface area (Å²) in [7, 11) is 3.54. The van der Waals surface area contributed by atoms with E-state index in [1.54, 1.807) is 31.1 Å². The first kappa shape index (κ1) is 17.2. The van der Waals surface area contributed by atoms with Crippen molar-refractivity contribution in [3.63, 3.8) is 0 Å². The molecule has 0 aliphatic rings. The van der Waals surface area contributed by atoms with Gasteiger partial charge in [0.25, 0.3) is 0 Å². The summed E-state index contributed by atoms with van der Waals surface area (Å²) >= 11 is 0. The zero-order valence-corrected chi connectivity index (χ0v) is 12.8. The van der Waals surface area contributed by atoms with Crippen molar-refractivity contribution in [2.24, 2.45) is 0 Å². The molecule has 3 N–H and O–H groups in total. The molecule has 21 heavy (non-hydrogen) atoms. The van der Waals surface area contributed by atoms with E-state index in [0.29, 0.717) is 30.6 Å². The minimum atomic E-state index is -0.391. The minimum Gasteiger partial charge on any atom is -0.393 e. The van der Waals surface area contributed by atoms with E-state index >= 15 is 0 Å². The fourth-order valence-corrected chi connectivity index (χ4v) is 1.82. The molecule has 0 heterocycles. The van der Waals surface area contributed by atoms with Gasteiger partial charge < -0.3 is 20.6 Å². The summed E-state index contributed by atoms with van der Waals surface area (Å²) in [5.74, 6) is -0.314. The quantitative estimate of drug-likeness (QED) is 0.719. The average Bonchev–Trinajstić information content (AvgIpc) is 2.44. The molecule has 0 aliphatic carbocycles. The maximum atomic E-state index is 13.8. The number of rotatable bonds is 7. The van der Waals surface area contributed by atoms with Crippen LogP contribution < -0.4 is 15.5 Å². The number of halogens is 1. The predicted molar refractivity (Wildman–Crippen MR) is 81.9 cm³/mol. The number of carbonyl (C=O) groups is 1. The number of benzene rings is 1. The van der Waals surface area contributed by atoms with Gasteiger partial charge in [-0.25, -0.2) is 9.18 Å². The van der Waals surface area contributed by atoms with Crippen LogP contribution in [0.4, 0.5) is 14.9 Å². The van der Waals surface area contributed by atoms with Gasteiger partial charge >= 0.3 is 6.03 Å². The highest BCUT2D eigenvalue weighted by atomic mass is 19.1. The van der Waals surface area contributed by atoms with Crippen molar-refractivity contribution in [2.75, 3.05) is 25.5 Å². The van der Waals surface area contributed by atoms with E-state index in [1.807, 2.05) is 6.92 Å². The molecule has 118 valence electrons. The van der Waals surface area contributed by atoms with E-state index in [-0.39, 0.29) is 18.4 Å². The highest BCUT2D eigenvalue weighted by Gasteiger charge is 2.07. The Morgan fingerprint density at radius 3 is 2.67 bits per heavy atom. The smallest absolute Gasteiger partial charge is 0.315 e. The van der Waals surface area contributed by atoms with Gasteiger partial charge in [-0.1, -0.05) is 13.0 Å². The molecule has 1 aromatic carbocycles. The fraction of sp³-hybridized carbons (Fsp3) is 0.533. The van der Waals surface area contributed by atoms with Crippen LogP contribution in [0.2, 0.25) is 0 Å². The van der Waals surface area contributed by atoms with E-state index in [1.165, 1.54) is 6.07 Å². The van der Waals surface area contributed by atoms with Crippen molar-refractivity contribution in [2.45, 2.75) is 32.4 Å². The van der Waals surface area contributed by atoms with Crippen LogP contribution in [0.5, 0.6) is 0 Å². The first-order valence-corrected chi connectivity index (χ1v) is 7.09. The van der Waals surface area contributed by atoms with E-state index in [4.69, 9.17) is 0 Å². The average molecular weight is 297 g/mol. The van der Waals surface area contributed by atoms with Crippen molar-refractivity contribution >= 4 is 11.7 Å². The van der Waals surface area contributed by atoms with Gasteiger partial charge in [0.2, 0.25) is 0 Å². The predicted octanol–water partition coefficient (Wildman–Crippen LogP) is 1.85. The van der Waals surface area contributed by atoms with Gasteiger partial charge in [-0.2, -0.15) is 0 Å². The molecule has 1 rings (SSSR count). The molecule has 0 saturated carbocycles. The van der Waals surface area contributed by atoms with E-state index < -0.39 is 6.10 Å². The molecular formula is C15H24FN3O2. The zero-order valence-electron chi connectivity index (χ0n) is 12.8. The molecule has 0 radical (unpaired) electrons. The largest absolute Gasteiger partial charge is 0.393 e. The van der Waals surface area contributed by atoms with Crippen LogP contribution in [0.1, 0.15) is 25.3 Å². The number of urea groups is 1. The molecule has 0 aliphatic heterocycles. The molecule has 0 saturated heterocycles. The summed E-state index contributed by atoms with van der Waals surface area (Å²) in [5.41, 5.74) is 1.21. The Kier molecular flexibility index (Phi) is 6.94. The summed E-state index contributed by atoms with van der Waals surface area (Å²) in [6, 6.07) is 4.55. The van der Waals surface area contributed by atoms with E-state index in [9.17, 15) is 14.3 Å². The Morgan fingerprint density at radius 2 is 2.10 bits per heavy atom. The number of hydrogen-bond donors (Lipinski definition) is 3. The molecule has 5 nitrogen and oxygen atoms in total. The van der Waals surface area contributed by atoms with Crippen LogP contribution in [0.3, 0.4) is 0 Å². The van der Waals surface area contributed by atoms with Crippen molar-refractivity contribution in [1.82, 2.24) is 10.6 Å². The van der Waals surface area contributed by atoms with Gasteiger partial charge in [-0.3, -0.25) is 0 Å². The van der Waals surface area contributed by atoms with Crippen LogP contribution in [0, 0.1) is 5.82 Å². The summed E-state index contributed by atoms with van der Waals surface area (Å²) in [4.78, 5) is 13.2. The third-order valence-electron chi connectivity index (χ3n) is 3.18. The van der Waals surface area contributed by atoms with Gasteiger partial charge in [0.15, 0.2) is 0 Å². The molecule has 1 aromatic rings. The lowest BCUT2D eigenvalue weighted by Crippen LogP contribution is -2.36. The number of carbonyl (C=O) groups excluding carboxylic acids is 1. The van der Waals surface area contributed by atoms with Gasteiger partial charge in [-0.05, 0) is 30.5 Å². The van der Waals surface area contributed by atoms with Crippen molar-refractivity contribution in [3.8, 4) is 0 Å². The van der Waals surface area contributed by atoms with Gasteiger partial charge in [0, 0.05) is 27.2 Å². The molecule has 1 atom stereocenters. The Morgan fingerprint density at radius 1 is 1.38 bits per heavy atom. The number of amides is 2. The van der Waals surface area contributed by atoms with Crippen LogP contribution in [0.25, 0.3) is 0 Å². The number of hydrogen-bond acceptors (Lipinski definition) is 3. The number of aliphatic hydroxyl groups excluding tert-OH is 1. The molecule has 0 fully saturated rings. The van der Waals surface area contributed by atoms with Crippen molar-refractivity contribution in [1.29, 1.82) is 0 Å². The Balaban J connectivity index is 2.38. The first-order chi connectivity index (χ1) is 9.93. The molecular weight excluding hydrogens is 273 g/mol. The molecule has 6 heteroatoms. The maximum Gasteiger partial charge on any atom is 0.315 e. The molecule has 0 spiro atoms. The second-order valence-electron chi connectivity index (χ2n) is 5.14. The second kappa shape index (κ2) is 8.46. The van der Waals surface area contributed by atoms with Crippen molar-refractivity contribution < 1.29 is 14.3 Å². The zero-order chi connectivity index (χ0) is 15.8. The fourth-order valence-electron chi connectivity index (χ4n) is 1.82. The number of anilines is 1. The number of nitrogens with zero attached hydrogens (tertiary/aromatic N) is 1. The third kappa shape index (κ3) is 5.99. The molecule has 1 unspecified atom stereocenters. The summed E-state index contributed by atoms with van der Waals surface area (Å²) in [5, 5.41) is 14.7. The van der Waals surface area contributed by atoms with Gasteiger partial charge in [-0.15, -0.1) is 0 Å². The van der Waals surface area contributed by atoms with Gasteiger partial charge in [0.1, 0.15) is 5.82 Å². The second-order valence-corrected chi connectivity index (χ2v) is 5.14. The minimum absolute atomic E-state index is 0.257. The van der Waals surface area contributed by atoms with Crippen LogP contribution in [-0.4, -0.2) is 37.9 Å². The van der Waals surface area contributed by atoms with E-state index in [0.717, 1.165) is 0 Å². The summed E-state index contributed by atoms with van der Waals surface area (Å²) in [6.07, 6.45) is 0.801. The van der Waals surface area contributed by atoms with Crippen LogP contribution in [-0.2, 0) is 6.54 Å². The first-order valence-electron chi connectivity index (χ1n) is 7.09. The lowest BCUT2D eigenvalue weighted by Gasteiger charge is -2.14. The summed E-state index contributed by atoms with van der Waals surface area (Å²) < 4.78 is 13.8. The lowest BCUT2D eigenvalue weighted by molar-refractivity contribution is 0.160. The monoisotopic (exact) mass is 297 g/mol. The molecule has 2 amide bonds. The third-order valence-corrected chi connectivity index (χ3v) is 3.18. The molecule has 0 aromatic heterocycles. The topological polar surface area (TPSA) is 64.6 Å². The Bertz CT molecular complexity index is 466. The number of aliphatic hydroxyl groups is 1. The normalized spacial score (nSPS) is 11.9. The highest BCUT2D eigenvalue weighted by Crippen LogP contribution is 2.18. The van der Waals surface area contributed by atoms with E-state index in [2.05, 4.69) is 10.6 Å². The Labute approximate surface area is 125 Å². The molecule has 0 bridgehead atoms. The van der Waals surface area contributed by atoms with Crippen LogP contribution >= 0.6 is 0 Å². The van der Waals surface area contributed by atoms with Crippen molar-refractivity contribution in [3.05, 3.63) is 29.6 Å². The van der Waals surface area contributed by atoms with Crippen LogP contribution in [0.15, 0.2) is 18.2 Å². The SMILES string of the molecule is CCC(O)CCNC(=O)NCc1ccc(N(C)C)c(F)c1. The highest BCUT2D eigenvalue weighted by molar-refractivity contribution is 5.73. The summed E-state index contributed by atoms with van der Waals surface area (Å²) in [6.45, 7) is 2.55. The standard InChI is InChI=1S/C15H24FN3O2/c1-4-12(20)7-8-17-15(21)18-10-11-5-6-14(19(2)3)13(16)9-11/h5-6,9,12,20H,4,7-8,10H2,1-3H3,(H2,17,18,21).